The molecule has 0 saturated carbocycles. The molecular formula is C17H17F3N6O. The van der Waals surface area contributed by atoms with Crippen molar-refractivity contribution in [3.8, 4) is 5.75 Å². The summed E-state index contributed by atoms with van der Waals surface area (Å²) in [5.74, 6) is 0.486. The Morgan fingerprint density at radius 3 is 2.74 bits per heavy atom. The van der Waals surface area contributed by atoms with Crippen LogP contribution in [-0.4, -0.2) is 43.5 Å². The molecule has 0 N–H and O–H groups in total. The maximum absolute atomic E-state index is 12.3. The van der Waals surface area contributed by atoms with Crippen molar-refractivity contribution in [3.05, 3.63) is 42.2 Å². The van der Waals surface area contributed by atoms with E-state index >= 15 is 0 Å². The van der Waals surface area contributed by atoms with Gasteiger partial charge in [0.25, 0.3) is 0 Å². The lowest BCUT2D eigenvalue weighted by atomic mass is 9.90. The van der Waals surface area contributed by atoms with E-state index in [0.29, 0.717) is 17.9 Å². The molecule has 1 unspecified atom stereocenters. The zero-order valence-corrected chi connectivity index (χ0v) is 14.5. The second-order valence-corrected chi connectivity index (χ2v) is 6.82. The number of benzene rings is 1. The van der Waals surface area contributed by atoms with Gasteiger partial charge in [-0.1, -0.05) is 12.1 Å². The van der Waals surface area contributed by atoms with Gasteiger partial charge in [-0.25, -0.2) is 4.98 Å². The van der Waals surface area contributed by atoms with Crippen molar-refractivity contribution >= 4 is 11.5 Å². The lowest BCUT2D eigenvalue weighted by molar-refractivity contribution is -0.274. The molecule has 7 nitrogen and oxygen atoms in total. The zero-order valence-electron chi connectivity index (χ0n) is 14.5. The van der Waals surface area contributed by atoms with Crippen LogP contribution in [-0.2, 0) is 6.42 Å². The van der Waals surface area contributed by atoms with Crippen LogP contribution in [0.1, 0.15) is 25.3 Å². The van der Waals surface area contributed by atoms with Crippen LogP contribution in [0, 0.1) is 0 Å². The van der Waals surface area contributed by atoms with E-state index in [1.807, 2.05) is 0 Å². The highest BCUT2D eigenvalue weighted by atomic mass is 19.4. The van der Waals surface area contributed by atoms with Crippen molar-refractivity contribution in [2.45, 2.75) is 38.1 Å². The molecular weight excluding hydrogens is 361 g/mol. The fourth-order valence-electron chi connectivity index (χ4n) is 3.67. The van der Waals surface area contributed by atoms with Gasteiger partial charge in [0, 0.05) is 18.3 Å². The molecule has 27 heavy (non-hydrogen) atoms. The van der Waals surface area contributed by atoms with Crippen LogP contribution in [0.15, 0.2) is 36.7 Å². The Kier molecular flexibility index (Phi) is 4.12. The number of tetrazole rings is 1. The third kappa shape index (κ3) is 3.51. The highest BCUT2D eigenvalue weighted by molar-refractivity contribution is 5.64. The summed E-state index contributed by atoms with van der Waals surface area (Å²) < 4.78 is 42.5. The first-order valence-electron chi connectivity index (χ1n) is 8.49. The number of rotatable bonds is 4. The first kappa shape index (κ1) is 17.5. The number of hydrogen-bond donors (Lipinski definition) is 0. The van der Waals surface area contributed by atoms with Crippen molar-refractivity contribution < 1.29 is 17.9 Å². The molecule has 2 aromatic heterocycles. The quantitative estimate of drug-likeness (QED) is 0.695. The third-order valence-corrected chi connectivity index (χ3v) is 4.84. The minimum Gasteiger partial charge on any atom is -0.406 e. The first-order valence-corrected chi connectivity index (χ1v) is 8.49. The number of halogens is 3. The van der Waals surface area contributed by atoms with Crippen molar-refractivity contribution in [2.75, 3.05) is 11.4 Å². The summed E-state index contributed by atoms with van der Waals surface area (Å²) in [5.41, 5.74) is 1.26. The van der Waals surface area contributed by atoms with Crippen LogP contribution >= 0.6 is 0 Å². The SMILES string of the molecule is CC1(Cc2ccc(OC(F)(F)F)cc2)CCCN1c1nccn2nnnc12. The third-order valence-electron chi connectivity index (χ3n) is 4.84. The summed E-state index contributed by atoms with van der Waals surface area (Å²) in [4.78, 5) is 6.65. The number of anilines is 1. The van der Waals surface area contributed by atoms with Gasteiger partial charge >= 0.3 is 6.36 Å². The van der Waals surface area contributed by atoms with Gasteiger partial charge in [-0.05, 0) is 54.3 Å². The van der Waals surface area contributed by atoms with E-state index in [0.717, 1.165) is 24.9 Å². The highest BCUT2D eigenvalue weighted by Gasteiger charge is 2.39. The van der Waals surface area contributed by atoms with Crippen LogP contribution in [0.2, 0.25) is 0 Å². The van der Waals surface area contributed by atoms with Crippen LogP contribution in [0.5, 0.6) is 5.75 Å². The molecule has 1 aliphatic heterocycles. The molecule has 3 aromatic rings. The van der Waals surface area contributed by atoms with Crippen molar-refractivity contribution in [3.63, 3.8) is 0 Å². The Bertz CT molecular complexity index is 942. The Morgan fingerprint density at radius 1 is 1.22 bits per heavy atom. The second-order valence-electron chi connectivity index (χ2n) is 6.82. The molecule has 4 rings (SSSR count). The van der Waals surface area contributed by atoms with Gasteiger partial charge in [0.2, 0.25) is 5.65 Å². The van der Waals surface area contributed by atoms with Crippen LogP contribution in [0.3, 0.4) is 0 Å². The molecule has 142 valence electrons. The van der Waals surface area contributed by atoms with Gasteiger partial charge in [0.15, 0.2) is 5.82 Å². The van der Waals surface area contributed by atoms with Crippen LogP contribution < -0.4 is 9.64 Å². The monoisotopic (exact) mass is 378 g/mol. The van der Waals surface area contributed by atoms with Gasteiger partial charge in [-0.15, -0.1) is 18.3 Å². The summed E-state index contributed by atoms with van der Waals surface area (Å²) >= 11 is 0. The zero-order chi connectivity index (χ0) is 19.1. The fourth-order valence-corrected chi connectivity index (χ4v) is 3.67. The molecule has 1 fully saturated rings. The number of nitrogens with zero attached hydrogens (tertiary/aromatic N) is 6. The standard InChI is InChI=1S/C17H17F3N6O/c1-16(11-12-3-5-13(6-4-12)27-17(18,19)20)7-2-9-25(16)14-15-22-23-24-26(15)10-8-21-14/h3-6,8,10H,2,7,9,11H2,1H3. The van der Waals surface area contributed by atoms with Crippen LogP contribution in [0.25, 0.3) is 5.65 Å². The first-order chi connectivity index (χ1) is 12.8. The largest absolute Gasteiger partial charge is 0.573 e. The minimum absolute atomic E-state index is 0.222. The lowest BCUT2D eigenvalue weighted by Gasteiger charge is -2.36. The van der Waals surface area contributed by atoms with E-state index < -0.39 is 6.36 Å². The van der Waals surface area contributed by atoms with E-state index in [1.165, 1.54) is 12.1 Å². The van der Waals surface area contributed by atoms with E-state index in [9.17, 15) is 13.2 Å². The highest BCUT2D eigenvalue weighted by Crippen LogP contribution is 2.37. The number of ether oxygens (including phenoxy) is 1. The molecule has 1 atom stereocenters. The summed E-state index contributed by atoms with van der Waals surface area (Å²) in [6.07, 6.45) is 1.22. The smallest absolute Gasteiger partial charge is 0.406 e. The van der Waals surface area contributed by atoms with Crippen LogP contribution in [0.4, 0.5) is 19.0 Å². The maximum atomic E-state index is 12.3. The topological polar surface area (TPSA) is 68.4 Å². The molecule has 3 heterocycles. The molecule has 0 aliphatic carbocycles. The van der Waals surface area contributed by atoms with Gasteiger partial charge in [-0.2, -0.15) is 4.52 Å². The molecule has 1 saturated heterocycles. The van der Waals surface area contributed by atoms with E-state index in [4.69, 9.17) is 0 Å². The predicted molar refractivity (Wildman–Crippen MR) is 90.4 cm³/mol. The number of aromatic nitrogens is 5. The summed E-state index contributed by atoms with van der Waals surface area (Å²) in [7, 11) is 0. The Morgan fingerprint density at radius 2 is 2.00 bits per heavy atom. The molecule has 1 aromatic carbocycles. The molecule has 0 radical (unpaired) electrons. The minimum atomic E-state index is -4.69. The Hall–Kier alpha value is -2.91. The molecule has 0 bridgehead atoms. The Labute approximate surface area is 152 Å². The number of fused-ring (bicyclic) bond motifs is 1. The van der Waals surface area contributed by atoms with Crippen molar-refractivity contribution in [2.24, 2.45) is 0 Å². The summed E-state index contributed by atoms with van der Waals surface area (Å²) in [6.45, 7) is 2.93. The normalized spacial score (nSPS) is 20.4. The molecule has 1 aliphatic rings. The van der Waals surface area contributed by atoms with Crippen molar-refractivity contribution in [1.82, 2.24) is 25.0 Å². The summed E-state index contributed by atoms with van der Waals surface area (Å²) in [5, 5.41) is 11.7. The molecule has 0 amide bonds. The van der Waals surface area contributed by atoms with Gasteiger partial charge in [0.05, 0.1) is 6.20 Å². The van der Waals surface area contributed by atoms with E-state index in [-0.39, 0.29) is 11.3 Å². The average molecular weight is 378 g/mol. The number of hydrogen-bond acceptors (Lipinski definition) is 6. The fraction of sp³-hybridized carbons (Fsp3) is 0.412. The predicted octanol–water partition coefficient (Wildman–Crippen LogP) is 3.02. The van der Waals surface area contributed by atoms with Crippen molar-refractivity contribution in [1.29, 1.82) is 0 Å². The lowest BCUT2D eigenvalue weighted by Crippen LogP contribution is -2.43. The molecule has 10 heteroatoms. The van der Waals surface area contributed by atoms with E-state index in [1.54, 1.807) is 29.0 Å². The second kappa shape index (κ2) is 6.36. The van der Waals surface area contributed by atoms with E-state index in [2.05, 4.69) is 37.1 Å². The maximum Gasteiger partial charge on any atom is 0.573 e. The average Bonchev–Trinajstić information content (AvgIpc) is 3.22. The molecule has 0 spiro atoms. The van der Waals surface area contributed by atoms with Gasteiger partial charge < -0.3 is 9.64 Å². The number of alkyl halides is 3. The van der Waals surface area contributed by atoms with Gasteiger partial charge in [-0.3, -0.25) is 0 Å². The Balaban J connectivity index is 1.58. The van der Waals surface area contributed by atoms with Gasteiger partial charge in [0.1, 0.15) is 5.75 Å². The summed E-state index contributed by atoms with van der Waals surface area (Å²) in [6, 6.07) is 6.00.